The number of hydrogen-bond acceptors (Lipinski definition) is 5. The van der Waals surface area contributed by atoms with E-state index in [4.69, 9.17) is 10.5 Å². The summed E-state index contributed by atoms with van der Waals surface area (Å²) in [6.45, 7) is 5.70. The number of nitrogens with two attached hydrogens (primary N) is 1. The molecule has 1 heterocycles. The zero-order valence-corrected chi connectivity index (χ0v) is 18.4. The van der Waals surface area contributed by atoms with Crippen LogP contribution >= 0.6 is 0 Å². The lowest BCUT2D eigenvalue weighted by molar-refractivity contribution is -0.119. The normalized spacial score (nSPS) is 11.9. The number of ether oxygens (including phenoxy) is 1. The lowest BCUT2D eigenvalue weighted by Crippen LogP contribution is -2.37. The third-order valence-electron chi connectivity index (χ3n) is 4.92. The molecule has 0 aliphatic carbocycles. The number of anilines is 2. The topological polar surface area (TPSA) is 126 Å². The second-order valence-corrected chi connectivity index (χ2v) is 7.85. The van der Waals surface area contributed by atoms with E-state index in [1.807, 2.05) is 26.0 Å². The van der Waals surface area contributed by atoms with Crippen LogP contribution in [0.5, 0.6) is 0 Å². The minimum Gasteiger partial charge on any atom is -0.461 e. The standard InChI is InChI=1S/C24H28N4O4/c1-4-32-24(31)21-13-16-12-18(9-10-20(16)28-21)27-23(30)19(25)11-15-5-7-17(8-6-15)26-22(29)14(2)3/h5-10,12-14,19,28H,4,11,25H2,1-3H3,(H,26,29)(H,27,30)/t19-/m0/s1. The van der Waals surface area contributed by atoms with Gasteiger partial charge in [-0.25, -0.2) is 4.79 Å². The number of benzene rings is 2. The highest BCUT2D eigenvalue weighted by Crippen LogP contribution is 2.21. The maximum absolute atomic E-state index is 12.6. The molecular formula is C24H28N4O4. The highest BCUT2D eigenvalue weighted by molar-refractivity contribution is 5.99. The third-order valence-corrected chi connectivity index (χ3v) is 4.92. The van der Waals surface area contributed by atoms with Gasteiger partial charge in [0, 0.05) is 28.2 Å². The van der Waals surface area contributed by atoms with E-state index in [-0.39, 0.29) is 17.7 Å². The predicted molar refractivity (Wildman–Crippen MR) is 124 cm³/mol. The molecule has 1 atom stereocenters. The van der Waals surface area contributed by atoms with E-state index in [1.165, 1.54) is 0 Å². The number of nitrogens with one attached hydrogen (secondary N) is 3. The fourth-order valence-corrected chi connectivity index (χ4v) is 3.12. The molecule has 0 saturated heterocycles. The largest absolute Gasteiger partial charge is 0.461 e. The summed E-state index contributed by atoms with van der Waals surface area (Å²) in [5.74, 6) is -0.898. The van der Waals surface area contributed by atoms with Gasteiger partial charge in [-0.2, -0.15) is 0 Å². The number of fused-ring (bicyclic) bond motifs is 1. The summed E-state index contributed by atoms with van der Waals surface area (Å²) >= 11 is 0. The van der Waals surface area contributed by atoms with Crippen molar-refractivity contribution in [3.8, 4) is 0 Å². The van der Waals surface area contributed by atoms with Crippen LogP contribution in [0.1, 0.15) is 36.8 Å². The Kier molecular flexibility index (Phi) is 7.27. The lowest BCUT2D eigenvalue weighted by Gasteiger charge is -2.13. The van der Waals surface area contributed by atoms with Crippen LogP contribution in [0.2, 0.25) is 0 Å². The van der Waals surface area contributed by atoms with Crippen LogP contribution in [-0.2, 0) is 20.7 Å². The summed E-state index contributed by atoms with van der Waals surface area (Å²) in [6, 6.07) is 13.5. The quantitative estimate of drug-likeness (QED) is 0.402. The molecule has 8 nitrogen and oxygen atoms in total. The van der Waals surface area contributed by atoms with Crippen LogP contribution in [0, 0.1) is 5.92 Å². The van der Waals surface area contributed by atoms with Crippen molar-refractivity contribution in [2.24, 2.45) is 11.7 Å². The molecular weight excluding hydrogens is 408 g/mol. The van der Waals surface area contributed by atoms with Crippen molar-refractivity contribution in [3.05, 3.63) is 59.8 Å². The molecule has 2 aromatic carbocycles. The van der Waals surface area contributed by atoms with Crippen LogP contribution < -0.4 is 16.4 Å². The first kappa shape index (κ1) is 23.0. The highest BCUT2D eigenvalue weighted by Gasteiger charge is 2.16. The van der Waals surface area contributed by atoms with Crippen molar-refractivity contribution in [1.29, 1.82) is 0 Å². The third kappa shape index (κ3) is 5.73. The van der Waals surface area contributed by atoms with E-state index in [0.717, 1.165) is 16.5 Å². The van der Waals surface area contributed by atoms with Gasteiger partial charge in [0.15, 0.2) is 0 Å². The van der Waals surface area contributed by atoms with Gasteiger partial charge in [-0.1, -0.05) is 26.0 Å². The average Bonchev–Trinajstić information content (AvgIpc) is 3.18. The van der Waals surface area contributed by atoms with Crippen molar-refractivity contribution in [2.45, 2.75) is 33.2 Å². The van der Waals surface area contributed by atoms with Gasteiger partial charge in [-0.15, -0.1) is 0 Å². The second kappa shape index (κ2) is 10.1. The molecule has 0 fully saturated rings. The molecule has 0 spiro atoms. The Hall–Kier alpha value is -3.65. The van der Waals surface area contributed by atoms with Gasteiger partial charge in [-0.3, -0.25) is 9.59 Å². The van der Waals surface area contributed by atoms with Crippen molar-refractivity contribution in [2.75, 3.05) is 17.2 Å². The van der Waals surface area contributed by atoms with E-state index in [1.54, 1.807) is 43.3 Å². The fourth-order valence-electron chi connectivity index (χ4n) is 3.12. The van der Waals surface area contributed by atoms with E-state index >= 15 is 0 Å². The number of aromatic amines is 1. The summed E-state index contributed by atoms with van der Waals surface area (Å²) in [4.78, 5) is 39.2. The maximum atomic E-state index is 12.6. The second-order valence-electron chi connectivity index (χ2n) is 7.85. The Morgan fingerprint density at radius 2 is 1.62 bits per heavy atom. The zero-order valence-electron chi connectivity index (χ0n) is 18.4. The molecule has 0 unspecified atom stereocenters. The molecule has 32 heavy (non-hydrogen) atoms. The summed E-state index contributed by atoms with van der Waals surface area (Å²) in [6.07, 6.45) is 0.351. The highest BCUT2D eigenvalue weighted by atomic mass is 16.5. The van der Waals surface area contributed by atoms with Crippen LogP contribution in [0.4, 0.5) is 11.4 Å². The van der Waals surface area contributed by atoms with Crippen LogP contribution in [0.3, 0.4) is 0 Å². The lowest BCUT2D eigenvalue weighted by atomic mass is 10.1. The van der Waals surface area contributed by atoms with Gasteiger partial charge in [-0.05, 0) is 55.3 Å². The van der Waals surface area contributed by atoms with Gasteiger partial charge < -0.3 is 26.1 Å². The molecule has 0 radical (unpaired) electrons. The Labute approximate surface area is 186 Å². The minimum atomic E-state index is -0.747. The first-order valence-corrected chi connectivity index (χ1v) is 10.5. The molecule has 0 saturated carbocycles. The van der Waals surface area contributed by atoms with Crippen molar-refractivity contribution in [3.63, 3.8) is 0 Å². The fraction of sp³-hybridized carbons (Fsp3) is 0.292. The number of amides is 2. The number of esters is 1. The SMILES string of the molecule is CCOC(=O)c1cc2cc(NC(=O)[C@@H](N)Cc3ccc(NC(=O)C(C)C)cc3)ccc2[nH]1. The average molecular weight is 437 g/mol. The summed E-state index contributed by atoms with van der Waals surface area (Å²) in [5, 5.41) is 6.42. The smallest absolute Gasteiger partial charge is 0.354 e. The number of aromatic nitrogens is 1. The van der Waals surface area contributed by atoms with E-state index in [0.29, 0.717) is 30.1 Å². The summed E-state index contributed by atoms with van der Waals surface area (Å²) in [7, 11) is 0. The van der Waals surface area contributed by atoms with Crippen LogP contribution in [0.15, 0.2) is 48.5 Å². The molecule has 2 amide bonds. The van der Waals surface area contributed by atoms with Crippen molar-refractivity contribution in [1.82, 2.24) is 4.98 Å². The first-order valence-electron chi connectivity index (χ1n) is 10.5. The van der Waals surface area contributed by atoms with Crippen molar-refractivity contribution >= 4 is 40.1 Å². The Bertz CT molecular complexity index is 1120. The number of carbonyl (C=O) groups excluding carboxylic acids is 3. The zero-order chi connectivity index (χ0) is 23.3. The molecule has 5 N–H and O–H groups in total. The Morgan fingerprint density at radius 3 is 2.28 bits per heavy atom. The van der Waals surface area contributed by atoms with Gasteiger partial charge >= 0.3 is 5.97 Å². The number of hydrogen-bond donors (Lipinski definition) is 4. The number of H-pyrrole nitrogens is 1. The molecule has 3 rings (SSSR count). The summed E-state index contributed by atoms with van der Waals surface area (Å²) in [5.41, 5.74) is 9.39. The maximum Gasteiger partial charge on any atom is 0.354 e. The van der Waals surface area contributed by atoms with Gasteiger partial charge in [0.1, 0.15) is 5.69 Å². The molecule has 8 heteroatoms. The number of carbonyl (C=O) groups is 3. The van der Waals surface area contributed by atoms with Crippen LogP contribution in [-0.4, -0.2) is 35.4 Å². The molecule has 168 valence electrons. The Balaban J connectivity index is 1.60. The van der Waals surface area contributed by atoms with Gasteiger partial charge in [0.2, 0.25) is 11.8 Å². The molecule has 1 aromatic heterocycles. The molecule has 0 bridgehead atoms. The predicted octanol–water partition coefficient (Wildman–Crippen LogP) is 3.45. The van der Waals surface area contributed by atoms with E-state index < -0.39 is 12.0 Å². The van der Waals surface area contributed by atoms with Gasteiger partial charge in [0.05, 0.1) is 12.6 Å². The van der Waals surface area contributed by atoms with Crippen LogP contribution in [0.25, 0.3) is 10.9 Å². The van der Waals surface area contributed by atoms with Crippen molar-refractivity contribution < 1.29 is 19.1 Å². The first-order chi connectivity index (χ1) is 15.3. The van der Waals surface area contributed by atoms with E-state index in [9.17, 15) is 14.4 Å². The molecule has 0 aliphatic heterocycles. The van der Waals surface area contributed by atoms with E-state index in [2.05, 4.69) is 15.6 Å². The minimum absolute atomic E-state index is 0.0532. The monoisotopic (exact) mass is 436 g/mol. The number of rotatable bonds is 8. The summed E-state index contributed by atoms with van der Waals surface area (Å²) < 4.78 is 5.00. The Morgan fingerprint density at radius 1 is 0.969 bits per heavy atom. The van der Waals surface area contributed by atoms with Gasteiger partial charge in [0.25, 0.3) is 0 Å². The molecule has 3 aromatic rings. The molecule has 0 aliphatic rings.